The third-order valence-electron chi connectivity index (χ3n) is 3.83. The summed E-state index contributed by atoms with van der Waals surface area (Å²) in [7, 11) is 0. The Morgan fingerprint density at radius 2 is 1.83 bits per heavy atom. The van der Waals surface area contributed by atoms with E-state index in [1.807, 2.05) is 22.4 Å². The molecule has 0 spiro atoms. The second kappa shape index (κ2) is 7.15. The maximum Gasteiger partial charge on any atom is 0.199 e. The zero-order valence-electron chi connectivity index (χ0n) is 13.2. The van der Waals surface area contributed by atoms with Crippen molar-refractivity contribution < 1.29 is 0 Å². The predicted molar refractivity (Wildman–Crippen MR) is 99.7 cm³/mol. The molecule has 0 fully saturated rings. The number of hydrogen-bond acceptors (Lipinski definition) is 3. The van der Waals surface area contributed by atoms with Crippen molar-refractivity contribution in [3.05, 3.63) is 75.8 Å². The lowest BCUT2D eigenvalue weighted by Crippen LogP contribution is -2.01. The monoisotopic (exact) mass is 341 g/mol. The van der Waals surface area contributed by atoms with E-state index in [0.717, 1.165) is 23.0 Å². The van der Waals surface area contributed by atoms with E-state index >= 15 is 0 Å². The van der Waals surface area contributed by atoms with Gasteiger partial charge in [-0.2, -0.15) is 5.10 Å². The zero-order valence-corrected chi connectivity index (χ0v) is 14.9. The average molecular weight is 342 g/mol. The fourth-order valence-electron chi connectivity index (χ4n) is 2.39. The van der Waals surface area contributed by atoms with E-state index in [2.05, 4.69) is 66.5 Å². The largest absolute Gasteiger partial charge is 0.271 e. The number of nitrogens with one attached hydrogen (secondary N) is 1. The number of thioether (sulfide) groups is 1. The molecule has 1 aromatic heterocycles. The molecule has 1 N–H and O–H groups in total. The van der Waals surface area contributed by atoms with Crippen LogP contribution in [0.3, 0.4) is 0 Å². The van der Waals surface area contributed by atoms with Crippen molar-refractivity contribution in [2.75, 3.05) is 0 Å². The summed E-state index contributed by atoms with van der Waals surface area (Å²) in [4.78, 5) is 0. The minimum atomic E-state index is 0.642. The van der Waals surface area contributed by atoms with Crippen molar-refractivity contribution in [1.29, 1.82) is 0 Å². The summed E-state index contributed by atoms with van der Waals surface area (Å²) in [6.45, 7) is 4.23. The third-order valence-corrected chi connectivity index (χ3v) is 5.11. The fourth-order valence-corrected chi connectivity index (χ4v) is 3.55. The molecule has 3 aromatic rings. The normalized spacial score (nSPS) is 10.9. The van der Waals surface area contributed by atoms with E-state index in [-0.39, 0.29) is 0 Å². The van der Waals surface area contributed by atoms with Gasteiger partial charge in [0.05, 0.1) is 5.75 Å². The van der Waals surface area contributed by atoms with Crippen molar-refractivity contribution in [1.82, 2.24) is 14.8 Å². The first-order chi connectivity index (χ1) is 11.1. The molecule has 0 saturated heterocycles. The van der Waals surface area contributed by atoms with Crippen LogP contribution in [0.25, 0.3) is 5.69 Å². The maximum atomic E-state index is 5.41. The summed E-state index contributed by atoms with van der Waals surface area (Å²) >= 11 is 7.25. The Bertz CT molecular complexity index is 850. The average Bonchev–Trinajstić information content (AvgIpc) is 2.92. The third kappa shape index (κ3) is 3.74. The lowest BCUT2D eigenvalue weighted by atomic mass is 10.1. The molecule has 0 bridgehead atoms. The van der Waals surface area contributed by atoms with E-state index in [4.69, 9.17) is 12.2 Å². The Morgan fingerprint density at radius 3 is 2.57 bits per heavy atom. The summed E-state index contributed by atoms with van der Waals surface area (Å²) in [6, 6.07) is 16.9. The van der Waals surface area contributed by atoms with Gasteiger partial charge < -0.3 is 0 Å². The van der Waals surface area contributed by atoms with Crippen LogP contribution in [0.5, 0.6) is 0 Å². The Morgan fingerprint density at radius 1 is 1.04 bits per heavy atom. The molecule has 0 saturated carbocycles. The van der Waals surface area contributed by atoms with Gasteiger partial charge >= 0.3 is 0 Å². The molecule has 0 amide bonds. The molecular formula is C18H19N3S2. The first-order valence-corrected chi connectivity index (χ1v) is 9.07. The maximum absolute atomic E-state index is 5.41. The number of hydrogen-bond donors (Lipinski definition) is 1. The Hall–Kier alpha value is -1.85. The zero-order chi connectivity index (χ0) is 16.2. The van der Waals surface area contributed by atoms with E-state index in [0.29, 0.717) is 4.77 Å². The SMILES string of the molecule is Cc1ccc(-n2c(CSCc3ccccc3)n[nH]c2=S)cc1C. The van der Waals surface area contributed by atoms with Gasteiger partial charge in [-0.15, -0.1) is 11.8 Å². The first-order valence-electron chi connectivity index (χ1n) is 7.51. The highest BCUT2D eigenvalue weighted by Crippen LogP contribution is 2.21. The molecule has 23 heavy (non-hydrogen) atoms. The minimum Gasteiger partial charge on any atom is -0.271 e. The van der Waals surface area contributed by atoms with Crippen molar-refractivity contribution in [3.63, 3.8) is 0 Å². The van der Waals surface area contributed by atoms with Gasteiger partial charge in [0.15, 0.2) is 4.77 Å². The lowest BCUT2D eigenvalue weighted by molar-refractivity contribution is 0.946. The molecule has 0 aliphatic heterocycles. The van der Waals surface area contributed by atoms with Gasteiger partial charge in [0.1, 0.15) is 5.82 Å². The molecule has 0 unspecified atom stereocenters. The summed E-state index contributed by atoms with van der Waals surface area (Å²) < 4.78 is 2.67. The van der Waals surface area contributed by atoms with Gasteiger partial charge in [0, 0.05) is 11.4 Å². The van der Waals surface area contributed by atoms with Crippen LogP contribution >= 0.6 is 24.0 Å². The highest BCUT2D eigenvalue weighted by molar-refractivity contribution is 7.97. The molecule has 2 aromatic carbocycles. The van der Waals surface area contributed by atoms with Crippen LogP contribution < -0.4 is 0 Å². The van der Waals surface area contributed by atoms with E-state index in [9.17, 15) is 0 Å². The molecule has 0 aliphatic carbocycles. The van der Waals surface area contributed by atoms with Crippen LogP contribution in [-0.4, -0.2) is 14.8 Å². The molecule has 1 heterocycles. The van der Waals surface area contributed by atoms with Crippen LogP contribution in [0.2, 0.25) is 0 Å². The number of nitrogens with zero attached hydrogens (tertiary/aromatic N) is 2. The van der Waals surface area contributed by atoms with Gasteiger partial charge in [-0.3, -0.25) is 9.67 Å². The molecule has 0 radical (unpaired) electrons. The quantitative estimate of drug-likeness (QED) is 0.665. The topological polar surface area (TPSA) is 33.6 Å². The summed E-state index contributed by atoms with van der Waals surface area (Å²) in [6.07, 6.45) is 0. The first kappa shape index (κ1) is 16.0. The molecule has 0 atom stereocenters. The summed E-state index contributed by atoms with van der Waals surface area (Å²) in [5.74, 6) is 2.74. The second-order valence-electron chi connectivity index (χ2n) is 5.53. The number of aromatic nitrogens is 3. The summed E-state index contributed by atoms with van der Waals surface area (Å²) in [5, 5.41) is 7.32. The van der Waals surface area contributed by atoms with Crippen LogP contribution in [0.15, 0.2) is 48.5 Å². The van der Waals surface area contributed by atoms with Crippen LogP contribution in [0, 0.1) is 18.6 Å². The number of H-pyrrole nitrogens is 1. The second-order valence-corrected chi connectivity index (χ2v) is 6.90. The van der Waals surface area contributed by atoms with Gasteiger partial charge in [-0.1, -0.05) is 36.4 Å². The van der Waals surface area contributed by atoms with E-state index < -0.39 is 0 Å². The highest BCUT2D eigenvalue weighted by Gasteiger charge is 2.09. The number of benzene rings is 2. The van der Waals surface area contributed by atoms with Gasteiger partial charge in [0.25, 0.3) is 0 Å². The lowest BCUT2D eigenvalue weighted by Gasteiger charge is -2.09. The molecule has 3 rings (SSSR count). The molecule has 3 nitrogen and oxygen atoms in total. The molecule has 118 valence electrons. The van der Waals surface area contributed by atoms with Crippen LogP contribution in [0.1, 0.15) is 22.5 Å². The smallest absolute Gasteiger partial charge is 0.199 e. The standard InChI is InChI=1S/C18H19N3S2/c1-13-8-9-16(10-14(13)2)21-17(19-20-18(21)22)12-23-11-15-6-4-3-5-7-15/h3-10H,11-12H2,1-2H3,(H,20,22). The van der Waals surface area contributed by atoms with Gasteiger partial charge in [0.2, 0.25) is 0 Å². The summed E-state index contributed by atoms with van der Waals surface area (Å²) in [5.41, 5.74) is 4.93. The van der Waals surface area contributed by atoms with E-state index in [1.165, 1.54) is 16.7 Å². The van der Waals surface area contributed by atoms with Gasteiger partial charge in [-0.25, -0.2) is 0 Å². The highest BCUT2D eigenvalue weighted by atomic mass is 32.2. The van der Waals surface area contributed by atoms with Crippen LogP contribution in [0.4, 0.5) is 0 Å². The van der Waals surface area contributed by atoms with Crippen molar-refractivity contribution in [2.24, 2.45) is 0 Å². The van der Waals surface area contributed by atoms with Gasteiger partial charge in [-0.05, 0) is 54.9 Å². The number of aromatic amines is 1. The molecular weight excluding hydrogens is 322 g/mol. The predicted octanol–water partition coefficient (Wildman–Crippen LogP) is 4.98. The van der Waals surface area contributed by atoms with Crippen molar-refractivity contribution in [3.8, 4) is 5.69 Å². The van der Waals surface area contributed by atoms with Crippen molar-refractivity contribution >= 4 is 24.0 Å². The molecule has 5 heteroatoms. The Balaban J connectivity index is 1.79. The van der Waals surface area contributed by atoms with E-state index in [1.54, 1.807) is 0 Å². The minimum absolute atomic E-state index is 0.642. The molecule has 0 aliphatic rings. The Labute approximate surface area is 145 Å². The van der Waals surface area contributed by atoms with Crippen LogP contribution in [-0.2, 0) is 11.5 Å². The van der Waals surface area contributed by atoms with Crippen molar-refractivity contribution in [2.45, 2.75) is 25.4 Å². The number of rotatable bonds is 5. The Kier molecular flexibility index (Phi) is 4.98. The fraction of sp³-hybridized carbons (Fsp3) is 0.222. The number of aryl methyl sites for hydroxylation is 2.